The van der Waals surface area contributed by atoms with Gasteiger partial charge < -0.3 is 20.5 Å². The zero-order valence-corrected chi connectivity index (χ0v) is 11.7. The molecule has 0 saturated carbocycles. The third-order valence-electron chi connectivity index (χ3n) is 3.10. The van der Waals surface area contributed by atoms with Crippen LogP contribution in [0.25, 0.3) is 11.3 Å². The summed E-state index contributed by atoms with van der Waals surface area (Å²) in [5, 5.41) is 22.3. The standard InChI is InChI=1S/C15H15N5O2/c21-12-3-1-2-10(6-12)13-7-14(20-15(22)19-13)17-5-4-11-8-16-9-18-11/h1-3,6-9,21H,4-5H2,(H,16,18)(H2,17,19,20,22). The fraction of sp³-hybridized carbons (Fsp3) is 0.133. The Morgan fingerprint density at radius 3 is 2.82 bits per heavy atom. The van der Waals surface area contributed by atoms with Gasteiger partial charge in [-0.3, -0.25) is 0 Å². The van der Waals surface area contributed by atoms with Gasteiger partial charge in [0.1, 0.15) is 11.6 Å². The first kappa shape index (κ1) is 13.9. The Morgan fingerprint density at radius 2 is 2.05 bits per heavy atom. The van der Waals surface area contributed by atoms with E-state index in [9.17, 15) is 10.2 Å². The molecule has 112 valence electrons. The zero-order chi connectivity index (χ0) is 15.4. The van der Waals surface area contributed by atoms with Crippen LogP contribution in [0.3, 0.4) is 0 Å². The molecule has 0 saturated heterocycles. The first-order valence-electron chi connectivity index (χ1n) is 6.80. The molecule has 7 nitrogen and oxygen atoms in total. The van der Waals surface area contributed by atoms with Crippen molar-refractivity contribution in [2.75, 3.05) is 11.9 Å². The molecule has 0 radical (unpaired) electrons. The summed E-state index contributed by atoms with van der Waals surface area (Å²) in [6, 6.07) is 8.08. The predicted octanol–water partition coefficient (Wildman–Crippen LogP) is 1.93. The maximum absolute atomic E-state index is 9.67. The second-order valence-electron chi connectivity index (χ2n) is 4.73. The van der Waals surface area contributed by atoms with E-state index in [1.807, 2.05) is 6.20 Å². The molecule has 0 bridgehead atoms. The second kappa shape index (κ2) is 6.13. The number of anilines is 1. The van der Waals surface area contributed by atoms with Gasteiger partial charge in [-0.15, -0.1) is 0 Å². The Kier molecular flexibility index (Phi) is 3.86. The van der Waals surface area contributed by atoms with E-state index >= 15 is 0 Å². The SMILES string of the molecule is Oc1cccc(-c2cc(NCCc3c[nH]cn3)nc(O)n2)c1. The number of nitrogens with zero attached hydrogens (tertiary/aromatic N) is 3. The van der Waals surface area contributed by atoms with E-state index in [0.29, 0.717) is 23.6 Å². The molecule has 0 amide bonds. The molecule has 7 heteroatoms. The number of aromatic amines is 1. The highest BCUT2D eigenvalue weighted by atomic mass is 16.3. The number of aromatic hydroxyl groups is 2. The molecule has 2 aromatic heterocycles. The van der Waals surface area contributed by atoms with E-state index in [1.54, 1.807) is 36.7 Å². The molecule has 0 spiro atoms. The van der Waals surface area contributed by atoms with Crippen LogP contribution in [0, 0.1) is 0 Å². The minimum Gasteiger partial charge on any atom is -0.508 e. The number of phenolic OH excluding ortho intramolecular Hbond substituents is 1. The Labute approximate surface area is 126 Å². The van der Waals surface area contributed by atoms with E-state index in [-0.39, 0.29) is 11.8 Å². The topological polar surface area (TPSA) is 107 Å². The van der Waals surface area contributed by atoms with Crippen molar-refractivity contribution in [1.29, 1.82) is 0 Å². The number of imidazole rings is 1. The molecular weight excluding hydrogens is 282 g/mol. The summed E-state index contributed by atoms with van der Waals surface area (Å²) >= 11 is 0. The van der Waals surface area contributed by atoms with Gasteiger partial charge in [-0.1, -0.05) is 12.1 Å². The molecule has 0 aliphatic heterocycles. The highest BCUT2D eigenvalue weighted by Crippen LogP contribution is 2.24. The largest absolute Gasteiger partial charge is 0.508 e. The minimum atomic E-state index is -0.317. The van der Waals surface area contributed by atoms with Crippen molar-refractivity contribution in [2.24, 2.45) is 0 Å². The van der Waals surface area contributed by atoms with Crippen LogP contribution in [0.2, 0.25) is 0 Å². The van der Waals surface area contributed by atoms with Crippen LogP contribution in [0.1, 0.15) is 5.69 Å². The summed E-state index contributed by atoms with van der Waals surface area (Å²) in [5.41, 5.74) is 2.18. The fourth-order valence-corrected chi connectivity index (χ4v) is 2.08. The lowest BCUT2D eigenvalue weighted by Crippen LogP contribution is -2.07. The lowest BCUT2D eigenvalue weighted by atomic mass is 10.1. The summed E-state index contributed by atoms with van der Waals surface area (Å²) in [6.45, 7) is 0.626. The second-order valence-corrected chi connectivity index (χ2v) is 4.73. The van der Waals surface area contributed by atoms with Crippen LogP contribution in [0.4, 0.5) is 5.82 Å². The Balaban J connectivity index is 1.75. The normalized spacial score (nSPS) is 10.5. The molecule has 0 aliphatic rings. The lowest BCUT2D eigenvalue weighted by Gasteiger charge is -2.07. The summed E-state index contributed by atoms with van der Waals surface area (Å²) < 4.78 is 0. The van der Waals surface area contributed by atoms with Gasteiger partial charge >= 0.3 is 6.01 Å². The van der Waals surface area contributed by atoms with Crippen molar-refractivity contribution in [1.82, 2.24) is 19.9 Å². The molecular formula is C15H15N5O2. The van der Waals surface area contributed by atoms with Gasteiger partial charge in [-0.05, 0) is 12.1 Å². The molecule has 1 aromatic carbocycles. The van der Waals surface area contributed by atoms with Crippen molar-refractivity contribution in [3.8, 4) is 23.0 Å². The zero-order valence-electron chi connectivity index (χ0n) is 11.7. The van der Waals surface area contributed by atoms with Crippen molar-refractivity contribution < 1.29 is 10.2 Å². The summed E-state index contributed by atoms with van der Waals surface area (Å²) in [5.74, 6) is 0.657. The quantitative estimate of drug-likeness (QED) is 0.573. The maximum atomic E-state index is 9.67. The van der Waals surface area contributed by atoms with E-state index < -0.39 is 0 Å². The average molecular weight is 297 g/mol. The number of H-pyrrole nitrogens is 1. The number of phenols is 1. The van der Waals surface area contributed by atoms with Crippen molar-refractivity contribution in [3.63, 3.8) is 0 Å². The number of hydrogen-bond acceptors (Lipinski definition) is 6. The van der Waals surface area contributed by atoms with Gasteiger partial charge in [0.05, 0.1) is 17.7 Å². The van der Waals surface area contributed by atoms with Crippen LogP contribution >= 0.6 is 0 Å². The number of nitrogens with one attached hydrogen (secondary N) is 2. The van der Waals surface area contributed by atoms with Crippen molar-refractivity contribution >= 4 is 5.82 Å². The van der Waals surface area contributed by atoms with Gasteiger partial charge in [-0.2, -0.15) is 9.97 Å². The van der Waals surface area contributed by atoms with Gasteiger partial charge in [0, 0.05) is 30.8 Å². The summed E-state index contributed by atoms with van der Waals surface area (Å²) in [7, 11) is 0. The Hall–Kier alpha value is -3.09. The van der Waals surface area contributed by atoms with E-state index in [0.717, 1.165) is 12.1 Å². The first-order valence-corrected chi connectivity index (χ1v) is 6.80. The Bertz CT molecular complexity index is 758. The molecule has 3 rings (SSSR count). The summed E-state index contributed by atoms with van der Waals surface area (Å²) in [6.07, 6.45) is 4.19. The predicted molar refractivity (Wildman–Crippen MR) is 81.6 cm³/mol. The van der Waals surface area contributed by atoms with E-state index in [2.05, 4.69) is 25.3 Å². The van der Waals surface area contributed by atoms with E-state index in [4.69, 9.17) is 0 Å². The van der Waals surface area contributed by atoms with Gasteiger partial charge in [0.2, 0.25) is 0 Å². The number of aromatic nitrogens is 4. The average Bonchev–Trinajstić information content (AvgIpc) is 3.00. The first-order chi connectivity index (χ1) is 10.7. The van der Waals surface area contributed by atoms with Gasteiger partial charge in [0.15, 0.2) is 0 Å². The molecule has 4 N–H and O–H groups in total. The molecule has 3 aromatic rings. The molecule has 0 fully saturated rings. The monoisotopic (exact) mass is 297 g/mol. The highest BCUT2D eigenvalue weighted by Gasteiger charge is 2.07. The van der Waals surface area contributed by atoms with Crippen LogP contribution in [-0.4, -0.2) is 36.7 Å². The lowest BCUT2D eigenvalue weighted by molar-refractivity contribution is 0.432. The fourth-order valence-electron chi connectivity index (χ4n) is 2.08. The third-order valence-corrected chi connectivity index (χ3v) is 3.10. The molecule has 2 heterocycles. The van der Waals surface area contributed by atoms with Crippen LogP contribution < -0.4 is 5.32 Å². The number of hydrogen-bond donors (Lipinski definition) is 4. The van der Waals surface area contributed by atoms with Crippen LogP contribution in [0.5, 0.6) is 11.8 Å². The smallest absolute Gasteiger partial charge is 0.316 e. The number of rotatable bonds is 5. The molecule has 22 heavy (non-hydrogen) atoms. The summed E-state index contributed by atoms with van der Waals surface area (Å²) in [4.78, 5) is 15.0. The molecule has 0 aliphatic carbocycles. The van der Waals surface area contributed by atoms with Crippen LogP contribution in [0.15, 0.2) is 42.9 Å². The van der Waals surface area contributed by atoms with Crippen LogP contribution in [-0.2, 0) is 6.42 Å². The third kappa shape index (κ3) is 3.32. The molecule has 0 unspecified atom stereocenters. The minimum absolute atomic E-state index is 0.142. The van der Waals surface area contributed by atoms with E-state index in [1.165, 1.54) is 0 Å². The van der Waals surface area contributed by atoms with Crippen molar-refractivity contribution in [2.45, 2.75) is 6.42 Å². The van der Waals surface area contributed by atoms with Gasteiger partial charge in [-0.25, -0.2) is 4.98 Å². The number of benzene rings is 1. The highest BCUT2D eigenvalue weighted by molar-refractivity contribution is 5.64. The maximum Gasteiger partial charge on any atom is 0.316 e. The van der Waals surface area contributed by atoms with Gasteiger partial charge in [0.25, 0.3) is 0 Å². The molecule has 0 atom stereocenters. The van der Waals surface area contributed by atoms with Crippen molar-refractivity contribution in [3.05, 3.63) is 48.5 Å². The Morgan fingerprint density at radius 1 is 1.14 bits per heavy atom.